The number of anilines is 1. The van der Waals surface area contributed by atoms with Crippen LogP contribution < -0.4 is 10.6 Å². The average Bonchev–Trinajstić information content (AvgIpc) is 2.35. The highest BCUT2D eigenvalue weighted by Crippen LogP contribution is 2.32. The van der Waals surface area contributed by atoms with E-state index in [1.165, 1.54) is 6.07 Å². The average molecular weight is 302 g/mol. The highest BCUT2D eigenvalue weighted by molar-refractivity contribution is 5.92. The molecule has 2 N–H and O–H groups in total. The van der Waals surface area contributed by atoms with E-state index >= 15 is 0 Å². The molecule has 0 saturated carbocycles. The highest BCUT2D eigenvalue weighted by Gasteiger charge is 2.33. The van der Waals surface area contributed by atoms with Gasteiger partial charge in [-0.2, -0.15) is 13.2 Å². The lowest BCUT2D eigenvalue weighted by Crippen LogP contribution is -2.59. The predicted molar refractivity (Wildman–Crippen MR) is 72.0 cm³/mol. The van der Waals surface area contributed by atoms with Crippen molar-refractivity contribution in [1.29, 1.82) is 0 Å². The van der Waals surface area contributed by atoms with Gasteiger partial charge in [-0.3, -0.25) is 4.79 Å². The molecular weight excluding hydrogens is 285 g/mol. The lowest BCUT2D eigenvalue weighted by molar-refractivity contribution is -0.137. The van der Waals surface area contributed by atoms with E-state index in [1.807, 2.05) is 6.92 Å². The first-order valence-corrected chi connectivity index (χ1v) is 6.52. The van der Waals surface area contributed by atoms with Crippen LogP contribution in [-0.2, 0) is 15.7 Å². The van der Waals surface area contributed by atoms with Crippen LogP contribution in [0.1, 0.15) is 18.1 Å². The maximum Gasteiger partial charge on any atom is 0.416 e. The molecule has 0 unspecified atom stereocenters. The van der Waals surface area contributed by atoms with Crippen molar-refractivity contribution < 1.29 is 22.7 Å². The van der Waals surface area contributed by atoms with Crippen LogP contribution in [0.3, 0.4) is 0 Å². The minimum atomic E-state index is -4.44. The standard InChI is InChI=1S/C14H17F3N2O2/c1-9-3-4-10(14(15,16)17)5-11(9)19-12(20)6-21-13(2)7-18-8-13/h3-5,18H,6-8H2,1-2H3,(H,19,20). The van der Waals surface area contributed by atoms with Gasteiger partial charge in [-0.05, 0) is 31.5 Å². The molecule has 0 atom stereocenters. The lowest BCUT2D eigenvalue weighted by Gasteiger charge is -2.38. The molecule has 21 heavy (non-hydrogen) atoms. The second-order valence-corrected chi connectivity index (χ2v) is 5.42. The summed E-state index contributed by atoms with van der Waals surface area (Å²) in [4.78, 5) is 11.8. The molecule has 1 aliphatic heterocycles. The van der Waals surface area contributed by atoms with Gasteiger partial charge in [-0.15, -0.1) is 0 Å². The summed E-state index contributed by atoms with van der Waals surface area (Å²) in [5.41, 5.74) is -0.456. The maximum absolute atomic E-state index is 12.7. The zero-order valence-corrected chi connectivity index (χ0v) is 11.8. The van der Waals surface area contributed by atoms with Gasteiger partial charge < -0.3 is 15.4 Å². The predicted octanol–water partition coefficient (Wildman–Crippen LogP) is 2.33. The Kier molecular flexibility index (Phi) is 4.25. The van der Waals surface area contributed by atoms with Crippen LogP contribution in [0.5, 0.6) is 0 Å². The smallest absolute Gasteiger partial charge is 0.363 e. The number of ether oxygens (including phenoxy) is 1. The van der Waals surface area contributed by atoms with Crippen molar-refractivity contribution in [3.8, 4) is 0 Å². The largest absolute Gasteiger partial charge is 0.416 e. The zero-order valence-electron chi connectivity index (χ0n) is 11.8. The van der Waals surface area contributed by atoms with Gasteiger partial charge in [0.05, 0.1) is 11.2 Å². The minimum absolute atomic E-state index is 0.148. The second kappa shape index (κ2) is 5.65. The van der Waals surface area contributed by atoms with Crippen LogP contribution in [0.15, 0.2) is 18.2 Å². The molecule has 1 aromatic carbocycles. The van der Waals surface area contributed by atoms with Crippen molar-refractivity contribution in [1.82, 2.24) is 5.32 Å². The fraction of sp³-hybridized carbons (Fsp3) is 0.500. The Balaban J connectivity index is 1.99. The first-order chi connectivity index (χ1) is 9.70. The molecule has 7 heteroatoms. The Morgan fingerprint density at radius 2 is 2.10 bits per heavy atom. The lowest BCUT2D eigenvalue weighted by atomic mass is 10.0. The Morgan fingerprint density at radius 3 is 2.62 bits per heavy atom. The van der Waals surface area contributed by atoms with Gasteiger partial charge in [0.2, 0.25) is 5.91 Å². The normalized spacial score (nSPS) is 17.2. The molecule has 116 valence electrons. The number of rotatable bonds is 4. The molecule has 1 saturated heterocycles. The maximum atomic E-state index is 12.7. The molecule has 0 bridgehead atoms. The molecule has 1 heterocycles. The number of aryl methyl sites for hydroxylation is 1. The Morgan fingerprint density at radius 1 is 1.43 bits per heavy atom. The summed E-state index contributed by atoms with van der Waals surface area (Å²) in [5.74, 6) is -0.467. The summed E-state index contributed by atoms with van der Waals surface area (Å²) < 4.78 is 43.4. The number of carbonyl (C=O) groups excluding carboxylic acids is 1. The van der Waals surface area contributed by atoms with E-state index in [0.29, 0.717) is 18.7 Å². The number of amides is 1. The van der Waals surface area contributed by atoms with Crippen LogP contribution in [-0.4, -0.2) is 31.2 Å². The van der Waals surface area contributed by atoms with Gasteiger partial charge in [0.15, 0.2) is 0 Å². The van der Waals surface area contributed by atoms with Crippen molar-refractivity contribution >= 4 is 11.6 Å². The van der Waals surface area contributed by atoms with Crippen LogP contribution in [0.2, 0.25) is 0 Å². The monoisotopic (exact) mass is 302 g/mol. The van der Waals surface area contributed by atoms with Gasteiger partial charge in [0.25, 0.3) is 0 Å². The Hall–Kier alpha value is -1.60. The third-order valence-electron chi connectivity index (χ3n) is 3.39. The van der Waals surface area contributed by atoms with E-state index in [0.717, 1.165) is 12.1 Å². The molecule has 4 nitrogen and oxygen atoms in total. The van der Waals surface area contributed by atoms with Gasteiger partial charge in [0, 0.05) is 18.8 Å². The molecule has 1 aliphatic rings. The summed E-state index contributed by atoms with van der Waals surface area (Å²) in [5, 5.41) is 5.49. The molecule has 1 fully saturated rings. The van der Waals surface area contributed by atoms with Crippen molar-refractivity contribution in [2.24, 2.45) is 0 Å². The molecule has 1 aromatic rings. The number of alkyl halides is 3. The molecule has 0 radical (unpaired) electrons. The summed E-state index contributed by atoms with van der Waals surface area (Å²) in [7, 11) is 0. The Bertz CT molecular complexity index is 540. The molecule has 1 amide bonds. The first-order valence-electron chi connectivity index (χ1n) is 6.52. The van der Waals surface area contributed by atoms with Gasteiger partial charge in [0.1, 0.15) is 6.61 Å². The first kappa shape index (κ1) is 15.8. The van der Waals surface area contributed by atoms with E-state index in [1.54, 1.807) is 6.92 Å². The number of halogens is 3. The summed E-state index contributed by atoms with van der Waals surface area (Å²) in [6.45, 7) is 4.62. The fourth-order valence-corrected chi connectivity index (χ4v) is 1.94. The van der Waals surface area contributed by atoms with E-state index in [4.69, 9.17) is 4.74 Å². The van der Waals surface area contributed by atoms with Crippen molar-refractivity contribution in [2.45, 2.75) is 25.6 Å². The van der Waals surface area contributed by atoms with E-state index in [9.17, 15) is 18.0 Å². The van der Waals surface area contributed by atoms with E-state index in [2.05, 4.69) is 10.6 Å². The molecule has 0 spiro atoms. The molecule has 2 rings (SSSR count). The van der Waals surface area contributed by atoms with Crippen molar-refractivity contribution in [2.75, 3.05) is 25.0 Å². The number of hydrogen-bond acceptors (Lipinski definition) is 3. The summed E-state index contributed by atoms with van der Waals surface area (Å²) >= 11 is 0. The fourth-order valence-electron chi connectivity index (χ4n) is 1.94. The third kappa shape index (κ3) is 3.95. The van der Waals surface area contributed by atoms with Crippen molar-refractivity contribution in [3.63, 3.8) is 0 Å². The topological polar surface area (TPSA) is 50.4 Å². The van der Waals surface area contributed by atoms with Crippen LogP contribution in [0.25, 0.3) is 0 Å². The number of hydrogen-bond donors (Lipinski definition) is 2. The molecule has 0 aliphatic carbocycles. The summed E-state index contributed by atoms with van der Waals surface area (Å²) in [6.07, 6.45) is -4.44. The van der Waals surface area contributed by atoms with Crippen molar-refractivity contribution in [3.05, 3.63) is 29.3 Å². The zero-order chi connectivity index (χ0) is 15.7. The number of nitrogens with one attached hydrogen (secondary N) is 2. The van der Waals surface area contributed by atoms with Gasteiger partial charge in [-0.1, -0.05) is 6.07 Å². The van der Waals surface area contributed by atoms with E-state index in [-0.39, 0.29) is 17.9 Å². The van der Waals surface area contributed by atoms with Crippen LogP contribution >= 0.6 is 0 Å². The van der Waals surface area contributed by atoms with Crippen LogP contribution in [0.4, 0.5) is 18.9 Å². The minimum Gasteiger partial charge on any atom is -0.363 e. The van der Waals surface area contributed by atoms with E-state index < -0.39 is 17.6 Å². The number of carbonyl (C=O) groups is 1. The third-order valence-corrected chi connectivity index (χ3v) is 3.39. The summed E-state index contributed by atoms with van der Waals surface area (Å²) in [6, 6.07) is 3.25. The van der Waals surface area contributed by atoms with Gasteiger partial charge in [-0.25, -0.2) is 0 Å². The quantitative estimate of drug-likeness (QED) is 0.897. The highest BCUT2D eigenvalue weighted by atomic mass is 19.4. The number of benzene rings is 1. The Labute approximate surface area is 120 Å². The molecule has 0 aromatic heterocycles. The SMILES string of the molecule is Cc1ccc(C(F)(F)F)cc1NC(=O)COC1(C)CNC1. The second-order valence-electron chi connectivity index (χ2n) is 5.42. The van der Waals surface area contributed by atoms with Crippen LogP contribution in [0, 0.1) is 6.92 Å². The molecular formula is C14H17F3N2O2. The van der Waals surface area contributed by atoms with Gasteiger partial charge >= 0.3 is 6.18 Å².